The van der Waals surface area contributed by atoms with Gasteiger partial charge in [0.2, 0.25) is 10.0 Å². The fourth-order valence-corrected chi connectivity index (χ4v) is 2.86. The van der Waals surface area contributed by atoms with Gasteiger partial charge in [-0.3, -0.25) is 0 Å². The van der Waals surface area contributed by atoms with Crippen LogP contribution < -0.4 is 10.0 Å². The Kier molecular flexibility index (Phi) is 4.71. The average Bonchev–Trinajstić information content (AvgIpc) is 2.90. The van der Waals surface area contributed by atoms with Gasteiger partial charge in [0.1, 0.15) is 12.2 Å². The highest BCUT2D eigenvalue weighted by Crippen LogP contribution is 2.17. The van der Waals surface area contributed by atoms with Crippen LogP contribution in [-0.2, 0) is 23.6 Å². The van der Waals surface area contributed by atoms with Crippen LogP contribution in [0.3, 0.4) is 0 Å². The zero-order valence-electron chi connectivity index (χ0n) is 12.2. The van der Waals surface area contributed by atoms with Crippen molar-refractivity contribution < 1.29 is 8.42 Å². The number of rotatable bonds is 6. The maximum Gasteiger partial charge on any atom is 0.240 e. The summed E-state index contributed by atoms with van der Waals surface area (Å²) in [7, 11) is 0.0180. The lowest BCUT2D eigenvalue weighted by atomic mass is 10.1. The van der Waals surface area contributed by atoms with Gasteiger partial charge >= 0.3 is 0 Å². The Morgan fingerprint density at radius 2 is 2.14 bits per heavy atom. The number of hydrogen-bond acceptors (Lipinski definition) is 5. The summed E-state index contributed by atoms with van der Waals surface area (Å²) in [4.78, 5) is 0.240. The molecule has 2 rings (SSSR count). The summed E-state index contributed by atoms with van der Waals surface area (Å²) in [6.45, 7) is 2.07. The van der Waals surface area contributed by atoms with Crippen molar-refractivity contribution in [1.29, 1.82) is 0 Å². The predicted octanol–water partition coefficient (Wildman–Crippen LogP) is 0.574. The molecule has 0 spiro atoms. The molecule has 0 saturated heterocycles. The molecule has 0 fully saturated rings. The smallest absolute Gasteiger partial charge is 0.240 e. The fourth-order valence-electron chi connectivity index (χ4n) is 1.83. The molecule has 2 aromatic rings. The number of nitrogens with zero attached hydrogens (tertiary/aromatic N) is 3. The molecule has 0 saturated carbocycles. The Bertz CT molecular complexity index is 711. The van der Waals surface area contributed by atoms with Crippen LogP contribution in [0.15, 0.2) is 35.5 Å². The predicted molar refractivity (Wildman–Crippen MR) is 78.9 cm³/mol. The first-order valence-electron chi connectivity index (χ1n) is 6.54. The summed E-state index contributed by atoms with van der Waals surface area (Å²) in [6, 6.07) is 6.95. The molecule has 1 heterocycles. The van der Waals surface area contributed by atoms with Crippen LogP contribution in [0.25, 0.3) is 0 Å². The minimum Gasteiger partial charge on any atom is -0.320 e. The highest BCUT2D eigenvalue weighted by atomic mass is 32.2. The quantitative estimate of drug-likeness (QED) is 0.814. The Hall–Kier alpha value is -1.77. The molecule has 0 radical (unpaired) electrons. The first-order valence-corrected chi connectivity index (χ1v) is 8.02. The van der Waals surface area contributed by atoms with Crippen LogP contribution in [0, 0.1) is 0 Å². The molecule has 21 heavy (non-hydrogen) atoms. The Morgan fingerprint density at radius 1 is 1.38 bits per heavy atom. The second-order valence-electron chi connectivity index (χ2n) is 4.77. The molecule has 7 nitrogen and oxygen atoms in total. The summed E-state index contributed by atoms with van der Waals surface area (Å²) in [5.74, 6) is 0.554. The maximum absolute atomic E-state index is 12.3. The summed E-state index contributed by atoms with van der Waals surface area (Å²) in [6.07, 6.45) is 1.53. The number of nitrogens with one attached hydrogen (secondary N) is 2. The minimum absolute atomic E-state index is 0.0823. The van der Waals surface area contributed by atoms with Crippen LogP contribution >= 0.6 is 0 Å². The van der Waals surface area contributed by atoms with Crippen molar-refractivity contribution in [1.82, 2.24) is 24.8 Å². The number of benzene rings is 1. The SMILES string of the molecule is CNC(C)c1cccc(S(=O)(=O)NCc2nncn2C)c1. The van der Waals surface area contributed by atoms with Gasteiger partial charge in [0.25, 0.3) is 0 Å². The van der Waals surface area contributed by atoms with Crippen molar-refractivity contribution >= 4 is 10.0 Å². The van der Waals surface area contributed by atoms with Gasteiger partial charge in [-0.25, -0.2) is 13.1 Å². The largest absolute Gasteiger partial charge is 0.320 e. The van der Waals surface area contributed by atoms with Crippen LogP contribution in [0.2, 0.25) is 0 Å². The van der Waals surface area contributed by atoms with Gasteiger partial charge in [0.15, 0.2) is 0 Å². The maximum atomic E-state index is 12.3. The number of aromatic nitrogens is 3. The molecule has 1 unspecified atom stereocenters. The summed E-state index contributed by atoms with van der Waals surface area (Å²) in [5.41, 5.74) is 0.916. The molecular formula is C13H19N5O2S. The van der Waals surface area contributed by atoms with E-state index in [0.29, 0.717) is 5.82 Å². The van der Waals surface area contributed by atoms with Gasteiger partial charge in [-0.15, -0.1) is 10.2 Å². The number of aryl methyl sites for hydroxylation is 1. The van der Waals surface area contributed by atoms with Crippen LogP contribution in [0.1, 0.15) is 24.4 Å². The van der Waals surface area contributed by atoms with Crippen LogP contribution in [0.4, 0.5) is 0 Å². The Morgan fingerprint density at radius 3 is 2.76 bits per heavy atom. The van der Waals surface area contributed by atoms with Crippen molar-refractivity contribution in [2.45, 2.75) is 24.4 Å². The minimum atomic E-state index is -3.58. The molecule has 0 amide bonds. The summed E-state index contributed by atoms with van der Waals surface area (Å²) >= 11 is 0. The van der Waals surface area contributed by atoms with E-state index in [4.69, 9.17) is 0 Å². The van der Waals surface area contributed by atoms with E-state index >= 15 is 0 Å². The Balaban J connectivity index is 2.18. The Labute approximate surface area is 124 Å². The van der Waals surface area contributed by atoms with Gasteiger partial charge < -0.3 is 9.88 Å². The number of hydrogen-bond donors (Lipinski definition) is 2. The van der Waals surface area contributed by atoms with Crippen molar-refractivity contribution in [2.75, 3.05) is 7.05 Å². The first kappa shape index (κ1) is 15.6. The third-order valence-corrected chi connectivity index (χ3v) is 4.73. The zero-order chi connectivity index (χ0) is 15.5. The second kappa shape index (κ2) is 6.33. The normalized spacial score (nSPS) is 13.3. The number of sulfonamides is 1. The van der Waals surface area contributed by atoms with Crippen molar-refractivity contribution in [3.05, 3.63) is 42.0 Å². The van der Waals surface area contributed by atoms with Gasteiger partial charge in [-0.2, -0.15) is 0 Å². The van der Waals surface area contributed by atoms with Crippen LogP contribution in [-0.4, -0.2) is 30.2 Å². The van der Waals surface area contributed by atoms with Crippen molar-refractivity contribution in [3.63, 3.8) is 0 Å². The van der Waals surface area contributed by atoms with E-state index in [1.807, 2.05) is 20.0 Å². The lowest BCUT2D eigenvalue weighted by Crippen LogP contribution is -2.25. The molecule has 1 atom stereocenters. The van der Waals surface area contributed by atoms with Crippen molar-refractivity contribution in [2.24, 2.45) is 7.05 Å². The van der Waals surface area contributed by atoms with E-state index in [0.717, 1.165) is 5.56 Å². The molecule has 1 aromatic heterocycles. The molecule has 8 heteroatoms. The standard InChI is InChI=1S/C13H19N5O2S/c1-10(14-2)11-5-4-6-12(7-11)21(19,20)16-8-13-17-15-9-18(13)3/h4-7,9-10,14,16H,8H2,1-3H3. The molecule has 114 valence electrons. The molecular weight excluding hydrogens is 290 g/mol. The monoisotopic (exact) mass is 309 g/mol. The van der Waals surface area contributed by atoms with E-state index in [-0.39, 0.29) is 17.5 Å². The summed E-state index contributed by atoms with van der Waals surface area (Å²) in [5, 5.41) is 10.6. The average molecular weight is 309 g/mol. The van der Waals surface area contributed by atoms with Gasteiger partial charge in [-0.1, -0.05) is 12.1 Å². The lowest BCUT2D eigenvalue weighted by molar-refractivity contribution is 0.576. The highest BCUT2D eigenvalue weighted by molar-refractivity contribution is 7.89. The van der Waals surface area contributed by atoms with Crippen LogP contribution in [0.5, 0.6) is 0 Å². The second-order valence-corrected chi connectivity index (χ2v) is 6.53. The zero-order valence-corrected chi connectivity index (χ0v) is 13.1. The summed E-state index contributed by atoms with van der Waals surface area (Å²) < 4.78 is 28.8. The third-order valence-electron chi connectivity index (χ3n) is 3.33. The fraction of sp³-hybridized carbons (Fsp3) is 0.385. The third kappa shape index (κ3) is 3.66. The molecule has 0 bridgehead atoms. The molecule has 0 aliphatic carbocycles. The van der Waals surface area contributed by atoms with E-state index in [9.17, 15) is 8.42 Å². The van der Waals surface area contributed by atoms with Gasteiger partial charge in [0, 0.05) is 13.1 Å². The van der Waals surface area contributed by atoms with E-state index in [1.54, 1.807) is 29.8 Å². The highest BCUT2D eigenvalue weighted by Gasteiger charge is 2.16. The van der Waals surface area contributed by atoms with E-state index in [1.165, 1.54) is 6.33 Å². The molecule has 0 aliphatic rings. The van der Waals surface area contributed by atoms with E-state index in [2.05, 4.69) is 20.2 Å². The topological polar surface area (TPSA) is 88.9 Å². The van der Waals surface area contributed by atoms with E-state index < -0.39 is 10.0 Å². The van der Waals surface area contributed by atoms with Gasteiger partial charge in [-0.05, 0) is 31.7 Å². The first-order chi connectivity index (χ1) is 9.94. The lowest BCUT2D eigenvalue weighted by Gasteiger charge is -2.12. The molecule has 1 aromatic carbocycles. The van der Waals surface area contributed by atoms with Gasteiger partial charge in [0.05, 0.1) is 11.4 Å². The molecule has 2 N–H and O–H groups in total. The van der Waals surface area contributed by atoms with Crippen molar-refractivity contribution in [3.8, 4) is 0 Å². The molecule has 0 aliphatic heterocycles.